The van der Waals surface area contributed by atoms with E-state index in [0.29, 0.717) is 13.1 Å². The van der Waals surface area contributed by atoms with Gasteiger partial charge in [0.15, 0.2) is 0 Å². The number of hydrogen-bond donors (Lipinski definition) is 1. The van der Waals surface area contributed by atoms with Gasteiger partial charge in [0.25, 0.3) is 0 Å². The largest absolute Gasteiger partial charge is 0.345 e. The highest BCUT2D eigenvalue weighted by Crippen LogP contribution is 2.31. The first-order valence-electron chi connectivity index (χ1n) is 6.76. The van der Waals surface area contributed by atoms with Gasteiger partial charge >= 0.3 is 0 Å². The minimum absolute atomic E-state index is 0.173. The normalized spacial score (nSPS) is 16.4. The SMILES string of the molecule is O=CN1CCC(c2ccc(-c3cn[nH]c3)cc2F)CC1. The number of carbonyl (C=O) groups is 1. The highest BCUT2D eigenvalue weighted by atomic mass is 19.1. The van der Waals surface area contributed by atoms with E-state index >= 15 is 0 Å². The van der Waals surface area contributed by atoms with Gasteiger partial charge in [-0.25, -0.2) is 4.39 Å². The quantitative estimate of drug-likeness (QED) is 0.874. The molecule has 1 aromatic heterocycles. The Morgan fingerprint density at radius 3 is 2.70 bits per heavy atom. The summed E-state index contributed by atoms with van der Waals surface area (Å²) >= 11 is 0. The molecule has 4 nitrogen and oxygen atoms in total. The number of aromatic nitrogens is 2. The predicted molar refractivity (Wildman–Crippen MR) is 73.6 cm³/mol. The highest BCUT2D eigenvalue weighted by Gasteiger charge is 2.22. The topological polar surface area (TPSA) is 49.0 Å². The van der Waals surface area contributed by atoms with Crippen LogP contribution in [0.15, 0.2) is 30.6 Å². The Morgan fingerprint density at radius 2 is 2.10 bits per heavy atom. The number of H-pyrrole nitrogens is 1. The van der Waals surface area contributed by atoms with Crippen molar-refractivity contribution in [1.82, 2.24) is 15.1 Å². The number of hydrogen-bond acceptors (Lipinski definition) is 2. The molecule has 0 atom stereocenters. The van der Waals surface area contributed by atoms with Crippen molar-refractivity contribution in [2.45, 2.75) is 18.8 Å². The molecule has 1 amide bonds. The number of nitrogens with one attached hydrogen (secondary N) is 1. The van der Waals surface area contributed by atoms with Crippen LogP contribution in [0.3, 0.4) is 0 Å². The Hall–Kier alpha value is -2.17. The van der Waals surface area contributed by atoms with Crippen molar-refractivity contribution in [3.05, 3.63) is 42.0 Å². The molecular weight excluding hydrogens is 257 g/mol. The second-order valence-corrected chi connectivity index (χ2v) is 5.14. The molecule has 0 radical (unpaired) electrons. The number of amides is 1. The molecule has 1 aliphatic heterocycles. The minimum Gasteiger partial charge on any atom is -0.345 e. The van der Waals surface area contributed by atoms with Crippen LogP contribution in [0.2, 0.25) is 0 Å². The van der Waals surface area contributed by atoms with Gasteiger partial charge < -0.3 is 4.90 Å². The molecule has 0 saturated carbocycles. The van der Waals surface area contributed by atoms with E-state index in [1.807, 2.05) is 12.1 Å². The lowest BCUT2D eigenvalue weighted by Gasteiger charge is -2.29. The summed E-state index contributed by atoms with van der Waals surface area (Å²) in [5.74, 6) is 0.0258. The van der Waals surface area contributed by atoms with Crippen LogP contribution in [-0.2, 0) is 4.79 Å². The van der Waals surface area contributed by atoms with Crippen LogP contribution in [0, 0.1) is 5.82 Å². The van der Waals surface area contributed by atoms with Crippen LogP contribution >= 0.6 is 0 Å². The van der Waals surface area contributed by atoms with Crippen LogP contribution in [-0.4, -0.2) is 34.6 Å². The van der Waals surface area contributed by atoms with Crippen molar-refractivity contribution >= 4 is 6.41 Å². The third-order valence-corrected chi connectivity index (χ3v) is 3.95. The maximum Gasteiger partial charge on any atom is 0.209 e. The lowest BCUT2D eigenvalue weighted by molar-refractivity contribution is -0.119. The highest BCUT2D eigenvalue weighted by molar-refractivity contribution is 5.62. The molecule has 3 rings (SSSR count). The van der Waals surface area contributed by atoms with Crippen LogP contribution in [0.1, 0.15) is 24.3 Å². The average Bonchev–Trinajstić information content (AvgIpc) is 3.01. The zero-order valence-corrected chi connectivity index (χ0v) is 11.1. The molecule has 1 fully saturated rings. The molecule has 2 aromatic rings. The van der Waals surface area contributed by atoms with Crippen LogP contribution in [0.4, 0.5) is 4.39 Å². The van der Waals surface area contributed by atoms with E-state index in [2.05, 4.69) is 10.2 Å². The Balaban J connectivity index is 1.80. The predicted octanol–water partition coefficient (Wildman–Crippen LogP) is 2.55. The summed E-state index contributed by atoms with van der Waals surface area (Å²) in [7, 11) is 0. The molecule has 104 valence electrons. The molecule has 1 aliphatic rings. The van der Waals surface area contributed by atoms with Crippen molar-refractivity contribution in [3.8, 4) is 11.1 Å². The lowest BCUT2D eigenvalue weighted by Crippen LogP contribution is -2.31. The molecule has 2 heterocycles. The molecule has 1 saturated heterocycles. The minimum atomic E-state index is -0.173. The van der Waals surface area contributed by atoms with Crippen molar-refractivity contribution in [3.63, 3.8) is 0 Å². The van der Waals surface area contributed by atoms with Gasteiger partial charge in [-0.05, 0) is 36.0 Å². The van der Waals surface area contributed by atoms with Gasteiger partial charge in [0.05, 0.1) is 6.20 Å². The number of rotatable bonds is 3. The fourth-order valence-electron chi connectivity index (χ4n) is 2.76. The molecule has 20 heavy (non-hydrogen) atoms. The van der Waals surface area contributed by atoms with Crippen molar-refractivity contribution in [1.29, 1.82) is 0 Å². The van der Waals surface area contributed by atoms with Gasteiger partial charge in [-0.2, -0.15) is 5.10 Å². The summed E-state index contributed by atoms with van der Waals surface area (Å²) in [4.78, 5) is 12.4. The summed E-state index contributed by atoms with van der Waals surface area (Å²) in [6.07, 6.45) is 5.93. The van der Waals surface area contributed by atoms with E-state index < -0.39 is 0 Å². The number of piperidine rings is 1. The standard InChI is InChI=1S/C15H16FN3O/c16-15-7-12(13-8-17-18-9-13)1-2-14(15)11-3-5-19(10-20)6-4-11/h1-2,7-11H,3-6H2,(H,17,18). The number of aromatic amines is 1. The summed E-state index contributed by atoms with van der Waals surface area (Å²) in [5.41, 5.74) is 2.46. The van der Waals surface area contributed by atoms with Gasteiger partial charge in [-0.3, -0.25) is 9.89 Å². The Labute approximate surface area is 116 Å². The van der Waals surface area contributed by atoms with E-state index in [4.69, 9.17) is 0 Å². The average molecular weight is 273 g/mol. The molecule has 5 heteroatoms. The van der Waals surface area contributed by atoms with Crippen LogP contribution < -0.4 is 0 Å². The van der Waals surface area contributed by atoms with E-state index in [1.54, 1.807) is 23.4 Å². The third kappa shape index (κ3) is 2.43. The first kappa shape index (κ1) is 12.8. The second kappa shape index (κ2) is 5.45. The Bertz CT molecular complexity index is 589. The number of benzene rings is 1. The summed E-state index contributed by atoms with van der Waals surface area (Å²) < 4.78 is 14.3. The maximum atomic E-state index is 14.3. The fraction of sp³-hybridized carbons (Fsp3) is 0.333. The Morgan fingerprint density at radius 1 is 1.30 bits per heavy atom. The van der Waals surface area contributed by atoms with E-state index in [1.165, 1.54) is 0 Å². The monoisotopic (exact) mass is 273 g/mol. The van der Waals surface area contributed by atoms with Gasteiger partial charge in [-0.15, -0.1) is 0 Å². The zero-order valence-electron chi connectivity index (χ0n) is 11.1. The second-order valence-electron chi connectivity index (χ2n) is 5.14. The van der Waals surface area contributed by atoms with E-state index in [9.17, 15) is 9.18 Å². The van der Waals surface area contributed by atoms with E-state index in [-0.39, 0.29) is 11.7 Å². The first-order chi connectivity index (χ1) is 9.78. The molecule has 0 aliphatic carbocycles. The fourth-order valence-corrected chi connectivity index (χ4v) is 2.76. The summed E-state index contributed by atoms with van der Waals surface area (Å²) in [5, 5.41) is 6.60. The summed E-state index contributed by atoms with van der Waals surface area (Å²) in [6.45, 7) is 1.41. The summed E-state index contributed by atoms with van der Waals surface area (Å²) in [6, 6.07) is 5.35. The van der Waals surface area contributed by atoms with Gasteiger partial charge in [0.1, 0.15) is 5.82 Å². The van der Waals surface area contributed by atoms with Gasteiger partial charge in [0, 0.05) is 24.8 Å². The number of nitrogens with zero attached hydrogens (tertiary/aromatic N) is 2. The van der Waals surface area contributed by atoms with Gasteiger partial charge in [-0.1, -0.05) is 12.1 Å². The first-order valence-corrected chi connectivity index (χ1v) is 6.76. The van der Waals surface area contributed by atoms with Crippen molar-refractivity contribution in [2.24, 2.45) is 0 Å². The van der Waals surface area contributed by atoms with Crippen molar-refractivity contribution in [2.75, 3.05) is 13.1 Å². The van der Waals surface area contributed by atoms with Crippen LogP contribution in [0.25, 0.3) is 11.1 Å². The zero-order chi connectivity index (χ0) is 13.9. The molecule has 0 spiro atoms. The number of carbonyl (C=O) groups excluding carboxylic acids is 1. The van der Waals surface area contributed by atoms with Crippen molar-refractivity contribution < 1.29 is 9.18 Å². The number of likely N-dealkylation sites (tertiary alicyclic amines) is 1. The molecule has 1 aromatic carbocycles. The lowest BCUT2D eigenvalue weighted by atomic mass is 9.88. The number of halogens is 1. The van der Waals surface area contributed by atoms with E-state index in [0.717, 1.165) is 35.9 Å². The molecule has 0 unspecified atom stereocenters. The maximum absolute atomic E-state index is 14.3. The smallest absolute Gasteiger partial charge is 0.209 e. The molecule has 0 bridgehead atoms. The van der Waals surface area contributed by atoms with Gasteiger partial charge in [0.2, 0.25) is 6.41 Å². The third-order valence-electron chi connectivity index (χ3n) is 3.95. The Kier molecular flexibility index (Phi) is 3.50. The molecule has 1 N–H and O–H groups in total. The molecular formula is C15H16FN3O. The van der Waals surface area contributed by atoms with Crippen LogP contribution in [0.5, 0.6) is 0 Å².